The van der Waals surface area contributed by atoms with E-state index >= 15 is 0 Å². The van der Waals surface area contributed by atoms with Crippen molar-refractivity contribution in [3.05, 3.63) is 70.8 Å². The molecular weight excluding hydrogens is 318 g/mol. The Labute approximate surface area is 146 Å². The zero-order valence-electron chi connectivity index (χ0n) is 14.4. The van der Waals surface area contributed by atoms with Gasteiger partial charge in [-0.05, 0) is 19.4 Å². The molecule has 6 heteroatoms. The molecule has 2 N–H and O–H groups in total. The molecule has 0 radical (unpaired) electrons. The van der Waals surface area contributed by atoms with Crippen molar-refractivity contribution >= 4 is 17.8 Å². The summed E-state index contributed by atoms with van der Waals surface area (Å²) in [5.74, 6) is -0.489. The molecule has 2 aromatic carbocycles. The van der Waals surface area contributed by atoms with Crippen LogP contribution < -0.4 is 5.32 Å². The Morgan fingerprint density at radius 2 is 2.00 bits per heavy atom. The van der Waals surface area contributed by atoms with Crippen molar-refractivity contribution in [3.8, 4) is 0 Å². The number of carbonyl (C=O) groups excluding carboxylic acids is 1. The molecule has 2 aromatic rings. The maximum absolute atomic E-state index is 11.8. The molecule has 0 aliphatic carbocycles. The first kappa shape index (κ1) is 18.2. The summed E-state index contributed by atoms with van der Waals surface area (Å²) in [5, 5.41) is 18.7. The van der Waals surface area contributed by atoms with E-state index in [4.69, 9.17) is 10.0 Å². The van der Waals surface area contributed by atoms with Crippen LogP contribution in [0.2, 0.25) is 0 Å². The van der Waals surface area contributed by atoms with E-state index in [0.717, 1.165) is 11.1 Å². The minimum Gasteiger partial charge on any atom is -0.410 e. The van der Waals surface area contributed by atoms with Gasteiger partial charge in [0.05, 0.1) is 6.21 Å². The number of nitrogens with zero attached hydrogens (tertiary/aromatic N) is 2. The SMILES string of the molecule is CNC(=O)C(=NO)c1ccccc1/C=N/OC(C)c1cccc(C)c1. The molecule has 0 fully saturated rings. The van der Waals surface area contributed by atoms with Gasteiger partial charge in [-0.3, -0.25) is 4.79 Å². The third-order valence-corrected chi connectivity index (χ3v) is 3.68. The van der Waals surface area contributed by atoms with Crippen LogP contribution >= 0.6 is 0 Å². The number of aryl methyl sites for hydroxylation is 1. The lowest BCUT2D eigenvalue weighted by molar-refractivity contribution is -0.114. The summed E-state index contributed by atoms with van der Waals surface area (Å²) >= 11 is 0. The first-order chi connectivity index (χ1) is 12.1. The Morgan fingerprint density at radius 3 is 2.68 bits per heavy atom. The predicted molar refractivity (Wildman–Crippen MR) is 97.1 cm³/mol. The molecule has 6 nitrogen and oxygen atoms in total. The highest BCUT2D eigenvalue weighted by atomic mass is 16.6. The Morgan fingerprint density at radius 1 is 1.24 bits per heavy atom. The van der Waals surface area contributed by atoms with Crippen molar-refractivity contribution in [2.75, 3.05) is 7.05 Å². The molecule has 0 aliphatic heterocycles. The molecule has 0 saturated heterocycles. The van der Waals surface area contributed by atoms with Gasteiger partial charge in [0.2, 0.25) is 0 Å². The fourth-order valence-corrected chi connectivity index (χ4v) is 2.33. The Hall–Kier alpha value is -3.15. The molecule has 0 heterocycles. The second kappa shape index (κ2) is 8.63. The molecule has 0 spiro atoms. The van der Waals surface area contributed by atoms with Gasteiger partial charge in [0.15, 0.2) is 5.71 Å². The molecule has 0 aromatic heterocycles. The first-order valence-electron chi connectivity index (χ1n) is 7.86. The molecule has 1 unspecified atom stereocenters. The number of hydrogen-bond acceptors (Lipinski definition) is 5. The normalized spacial score (nSPS) is 12.8. The van der Waals surface area contributed by atoms with Gasteiger partial charge in [0.25, 0.3) is 5.91 Å². The van der Waals surface area contributed by atoms with Crippen LogP contribution in [0.25, 0.3) is 0 Å². The molecular formula is C19H21N3O3. The van der Waals surface area contributed by atoms with Crippen LogP contribution in [0.1, 0.15) is 35.3 Å². The standard InChI is InChI=1S/C19H21N3O3/c1-13-7-6-9-15(11-13)14(2)25-21-12-16-8-4-5-10-17(16)18(22-24)19(23)20-3/h4-12,14,24H,1-3H3,(H,20,23)/b21-12+,22-18?. The van der Waals surface area contributed by atoms with Crippen LogP contribution in [0.5, 0.6) is 0 Å². The number of hydrogen-bond donors (Lipinski definition) is 2. The lowest BCUT2D eigenvalue weighted by Crippen LogP contribution is -2.29. The number of amides is 1. The molecule has 2 rings (SSSR count). The van der Waals surface area contributed by atoms with Crippen LogP contribution in [0.15, 0.2) is 58.8 Å². The van der Waals surface area contributed by atoms with Crippen molar-refractivity contribution < 1.29 is 14.8 Å². The van der Waals surface area contributed by atoms with Gasteiger partial charge in [-0.15, -0.1) is 0 Å². The van der Waals surface area contributed by atoms with E-state index < -0.39 is 5.91 Å². The average Bonchev–Trinajstić information content (AvgIpc) is 2.63. The van der Waals surface area contributed by atoms with Gasteiger partial charge in [-0.25, -0.2) is 0 Å². The summed E-state index contributed by atoms with van der Waals surface area (Å²) in [6, 6.07) is 15.0. The first-order valence-corrected chi connectivity index (χ1v) is 7.86. The smallest absolute Gasteiger partial charge is 0.273 e. The van der Waals surface area contributed by atoms with Crippen molar-refractivity contribution in [2.24, 2.45) is 10.3 Å². The highest BCUT2D eigenvalue weighted by Gasteiger charge is 2.16. The van der Waals surface area contributed by atoms with Gasteiger partial charge in [-0.2, -0.15) is 0 Å². The van der Waals surface area contributed by atoms with E-state index in [2.05, 4.69) is 15.6 Å². The Bertz CT molecular complexity index is 800. The quantitative estimate of drug-likeness (QED) is 0.482. The molecule has 0 aliphatic rings. The monoisotopic (exact) mass is 339 g/mol. The summed E-state index contributed by atoms with van der Waals surface area (Å²) in [6.07, 6.45) is 1.28. The second-order valence-electron chi connectivity index (χ2n) is 5.51. The predicted octanol–water partition coefficient (Wildman–Crippen LogP) is 3.03. The van der Waals surface area contributed by atoms with Crippen LogP contribution in [0.4, 0.5) is 0 Å². The van der Waals surface area contributed by atoms with Crippen molar-refractivity contribution in [3.63, 3.8) is 0 Å². The van der Waals surface area contributed by atoms with Gasteiger partial charge in [0.1, 0.15) is 6.10 Å². The fourth-order valence-electron chi connectivity index (χ4n) is 2.33. The van der Waals surface area contributed by atoms with Crippen LogP contribution in [0.3, 0.4) is 0 Å². The van der Waals surface area contributed by atoms with Crippen LogP contribution in [0, 0.1) is 6.92 Å². The van der Waals surface area contributed by atoms with E-state index in [1.54, 1.807) is 24.3 Å². The van der Waals surface area contributed by atoms with Gasteiger partial charge in [-0.1, -0.05) is 64.4 Å². The minimum atomic E-state index is -0.489. The largest absolute Gasteiger partial charge is 0.410 e. The summed E-state index contributed by atoms with van der Waals surface area (Å²) < 4.78 is 0. The van der Waals surface area contributed by atoms with E-state index in [-0.39, 0.29) is 11.8 Å². The highest BCUT2D eigenvalue weighted by Crippen LogP contribution is 2.18. The Kier molecular flexibility index (Phi) is 6.28. The van der Waals surface area contributed by atoms with Gasteiger partial charge < -0.3 is 15.4 Å². The fraction of sp³-hybridized carbons (Fsp3) is 0.211. The number of carbonyl (C=O) groups is 1. The van der Waals surface area contributed by atoms with Crippen LogP contribution in [-0.2, 0) is 9.63 Å². The van der Waals surface area contributed by atoms with Gasteiger partial charge in [0, 0.05) is 18.2 Å². The summed E-state index contributed by atoms with van der Waals surface area (Å²) in [4.78, 5) is 17.3. The van der Waals surface area contributed by atoms with Crippen molar-refractivity contribution in [1.82, 2.24) is 5.32 Å². The van der Waals surface area contributed by atoms with Crippen LogP contribution in [-0.4, -0.2) is 30.1 Å². The van der Waals surface area contributed by atoms with E-state index in [9.17, 15) is 4.79 Å². The van der Waals surface area contributed by atoms with E-state index in [1.165, 1.54) is 13.3 Å². The number of oxime groups is 2. The topological polar surface area (TPSA) is 83.3 Å². The number of benzene rings is 2. The third kappa shape index (κ3) is 4.67. The van der Waals surface area contributed by atoms with E-state index in [0.29, 0.717) is 11.1 Å². The third-order valence-electron chi connectivity index (χ3n) is 3.68. The number of likely N-dealkylation sites (N-methyl/N-ethyl adjacent to an activating group) is 1. The zero-order chi connectivity index (χ0) is 18.2. The summed E-state index contributed by atoms with van der Waals surface area (Å²) in [7, 11) is 1.47. The zero-order valence-corrected chi connectivity index (χ0v) is 14.4. The maximum atomic E-state index is 11.8. The summed E-state index contributed by atoms with van der Waals surface area (Å²) in [5.41, 5.74) is 3.15. The van der Waals surface area contributed by atoms with E-state index in [1.807, 2.05) is 38.1 Å². The second-order valence-corrected chi connectivity index (χ2v) is 5.51. The molecule has 1 amide bonds. The molecule has 0 saturated carbocycles. The molecule has 1 atom stereocenters. The lowest BCUT2D eigenvalue weighted by atomic mass is 10.0. The highest BCUT2D eigenvalue weighted by molar-refractivity contribution is 6.46. The Balaban J connectivity index is 2.18. The van der Waals surface area contributed by atoms with Gasteiger partial charge >= 0.3 is 0 Å². The number of nitrogens with one attached hydrogen (secondary N) is 1. The molecule has 130 valence electrons. The summed E-state index contributed by atoms with van der Waals surface area (Å²) in [6.45, 7) is 3.92. The minimum absolute atomic E-state index is 0.0868. The average molecular weight is 339 g/mol. The van der Waals surface area contributed by atoms with Crippen molar-refractivity contribution in [2.45, 2.75) is 20.0 Å². The lowest BCUT2D eigenvalue weighted by Gasteiger charge is -2.11. The molecule has 0 bridgehead atoms. The van der Waals surface area contributed by atoms with Crippen molar-refractivity contribution in [1.29, 1.82) is 0 Å². The molecule has 25 heavy (non-hydrogen) atoms. The maximum Gasteiger partial charge on any atom is 0.273 e. The number of rotatable bonds is 6.